The van der Waals surface area contributed by atoms with E-state index < -0.39 is 6.09 Å². The number of carbonyl (C=O) groups is 1. The smallest absolute Gasteiger partial charge is 0.411 e. The molecule has 5 nitrogen and oxygen atoms in total. The van der Waals surface area contributed by atoms with Gasteiger partial charge in [-0.25, -0.2) is 4.79 Å². The minimum absolute atomic E-state index is 0.361. The fraction of sp³-hybridized carbons (Fsp3) is 0.467. The molecule has 0 spiro atoms. The first-order valence-electron chi connectivity index (χ1n) is 6.94. The number of aliphatic imine (C=N–C) groups is 1. The standard InChI is InChI=1S/C15H23N3O2/c1-5-16-12(4)18(6-2)14-10-8-13(9-11-14)17-15(19)20-7-3/h8-11H,5-7H2,1-4H3,(H,17,19). The van der Waals surface area contributed by atoms with E-state index in [2.05, 4.69) is 22.1 Å². The lowest BCUT2D eigenvalue weighted by Crippen LogP contribution is -2.28. The Morgan fingerprint density at radius 3 is 2.40 bits per heavy atom. The molecule has 1 amide bonds. The van der Waals surface area contributed by atoms with Crippen molar-refractivity contribution in [1.82, 2.24) is 0 Å². The summed E-state index contributed by atoms with van der Waals surface area (Å²) < 4.78 is 4.84. The highest BCUT2D eigenvalue weighted by Crippen LogP contribution is 2.18. The van der Waals surface area contributed by atoms with Crippen molar-refractivity contribution < 1.29 is 9.53 Å². The van der Waals surface area contributed by atoms with Crippen molar-refractivity contribution in [3.63, 3.8) is 0 Å². The number of anilines is 2. The molecule has 0 radical (unpaired) electrons. The molecule has 20 heavy (non-hydrogen) atoms. The molecule has 0 fully saturated rings. The first-order valence-corrected chi connectivity index (χ1v) is 6.94. The van der Waals surface area contributed by atoms with Crippen LogP contribution < -0.4 is 10.2 Å². The van der Waals surface area contributed by atoms with Crippen LogP contribution in [0.1, 0.15) is 27.7 Å². The van der Waals surface area contributed by atoms with E-state index in [0.29, 0.717) is 12.3 Å². The summed E-state index contributed by atoms with van der Waals surface area (Å²) in [6.45, 7) is 9.85. The molecule has 0 saturated carbocycles. The lowest BCUT2D eigenvalue weighted by Gasteiger charge is -2.23. The quantitative estimate of drug-likeness (QED) is 0.662. The van der Waals surface area contributed by atoms with E-state index in [0.717, 1.165) is 24.6 Å². The summed E-state index contributed by atoms with van der Waals surface area (Å²) in [6, 6.07) is 7.63. The van der Waals surface area contributed by atoms with E-state index >= 15 is 0 Å². The minimum atomic E-state index is -0.434. The van der Waals surface area contributed by atoms with Crippen LogP contribution in [-0.4, -0.2) is 31.6 Å². The highest BCUT2D eigenvalue weighted by atomic mass is 16.5. The molecule has 0 saturated heterocycles. The molecule has 0 atom stereocenters. The Bertz CT molecular complexity index is 455. The zero-order valence-electron chi connectivity index (χ0n) is 12.6. The Balaban J connectivity index is 2.79. The Labute approximate surface area is 120 Å². The molecule has 1 aromatic carbocycles. The molecule has 0 unspecified atom stereocenters. The van der Waals surface area contributed by atoms with Crippen molar-refractivity contribution in [2.75, 3.05) is 29.9 Å². The second-order valence-electron chi connectivity index (χ2n) is 4.16. The monoisotopic (exact) mass is 277 g/mol. The molecule has 0 aromatic heterocycles. The van der Waals surface area contributed by atoms with Crippen LogP contribution in [0.2, 0.25) is 0 Å². The Morgan fingerprint density at radius 2 is 1.90 bits per heavy atom. The zero-order chi connectivity index (χ0) is 15.0. The van der Waals surface area contributed by atoms with Gasteiger partial charge in [-0.3, -0.25) is 10.3 Å². The van der Waals surface area contributed by atoms with E-state index in [1.807, 2.05) is 38.1 Å². The highest BCUT2D eigenvalue weighted by Gasteiger charge is 2.08. The van der Waals surface area contributed by atoms with Crippen LogP contribution in [0.3, 0.4) is 0 Å². The van der Waals surface area contributed by atoms with Crippen LogP contribution in [0.15, 0.2) is 29.3 Å². The van der Waals surface area contributed by atoms with Gasteiger partial charge in [-0.15, -0.1) is 0 Å². The third-order valence-electron chi connectivity index (χ3n) is 2.79. The first-order chi connectivity index (χ1) is 9.62. The van der Waals surface area contributed by atoms with Gasteiger partial charge in [0.2, 0.25) is 0 Å². The van der Waals surface area contributed by atoms with Gasteiger partial charge < -0.3 is 9.64 Å². The van der Waals surface area contributed by atoms with Crippen LogP contribution in [0.25, 0.3) is 0 Å². The molecule has 0 heterocycles. The van der Waals surface area contributed by atoms with Crippen LogP contribution in [-0.2, 0) is 4.74 Å². The van der Waals surface area contributed by atoms with E-state index in [1.54, 1.807) is 6.92 Å². The third kappa shape index (κ3) is 4.57. The highest BCUT2D eigenvalue weighted by molar-refractivity contribution is 5.96. The number of amidine groups is 1. The van der Waals surface area contributed by atoms with Crippen molar-refractivity contribution >= 4 is 23.3 Å². The molecule has 0 aliphatic carbocycles. The molecular formula is C15H23N3O2. The van der Waals surface area contributed by atoms with Crippen molar-refractivity contribution in [2.45, 2.75) is 27.7 Å². The van der Waals surface area contributed by atoms with Crippen LogP contribution >= 0.6 is 0 Å². The summed E-state index contributed by atoms with van der Waals surface area (Å²) >= 11 is 0. The molecule has 1 rings (SSSR count). The number of carbonyl (C=O) groups excluding carboxylic acids is 1. The van der Waals surface area contributed by atoms with Gasteiger partial charge >= 0.3 is 6.09 Å². The lowest BCUT2D eigenvalue weighted by atomic mass is 10.2. The minimum Gasteiger partial charge on any atom is -0.450 e. The molecule has 0 aliphatic rings. The normalized spacial score (nSPS) is 11.1. The lowest BCUT2D eigenvalue weighted by molar-refractivity contribution is 0.168. The number of amides is 1. The van der Waals surface area contributed by atoms with Gasteiger partial charge in [0.05, 0.1) is 6.61 Å². The fourth-order valence-electron chi connectivity index (χ4n) is 1.92. The topological polar surface area (TPSA) is 53.9 Å². The fourth-order valence-corrected chi connectivity index (χ4v) is 1.92. The number of nitrogens with zero attached hydrogens (tertiary/aromatic N) is 2. The molecule has 0 aliphatic heterocycles. The van der Waals surface area contributed by atoms with Gasteiger partial charge in [0, 0.05) is 24.5 Å². The molecule has 110 valence electrons. The van der Waals surface area contributed by atoms with E-state index in [1.165, 1.54) is 0 Å². The van der Waals surface area contributed by atoms with Crippen LogP contribution in [0, 0.1) is 0 Å². The van der Waals surface area contributed by atoms with E-state index in [4.69, 9.17) is 4.74 Å². The maximum atomic E-state index is 11.3. The first kappa shape index (κ1) is 16.0. The van der Waals surface area contributed by atoms with Gasteiger partial charge in [0.25, 0.3) is 0 Å². The molecule has 1 N–H and O–H groups in total. The van der Waals surface area contributed by atoms with Crippen molar-refractivity contribution in [1.29, 1.82) is 0 Å². The second-order valence-corrected chi connectivity index (χ2v) is 4.16. The maximum absolute atomic E-state index is 11.3. The third-order valence-corrected chi connectivity index (χ3v) is 2.79. The van der Waals surface area contributed by atoms with E-state index in [9.17, 15) is 4.79 Å². The predicted molar refractivity (Wildman–Crippen MR) is 83.8 cm³/mol. The summed E-state index contributed by atoms with van der Waals surface area (Å²) in [5.74, 6) is 0.987. The average molecular weight is 277 g/mol. The Hall–Kier alpha value is -2.04. The van der Waals surface area contributed by atoms with Crippen LogP contribution in [0.5, 0.6) is 0 Å². The maximum Gasteiger partial charge on any atom is 0.411 e. The predicted octanol–water partition coefficient (Wildman–Crippen LogP) is 3.52. The summed E-state index contributed by atoms with van der Waals surface area (Å²) in [7, 11) is 0. The largest absolute Gasteiger partial charge is 0.450 e. The Kier molecular flexibility index (Phi) is 6.56. The molecular weight excluding hydrogens is 254 g/mol. The summed E-state index contributed by atoms with van der Waals surface area (Å²) in [6.07, 6.45) is -0.434. The summed E-state index contributed by atoms with van der Waals surface area (Å²) in [4.78, 5) is 17.9. The van der Waals surface area contributed by atoms with Gasteiger partial charge in [0.15, 0.2) is 0 Å². The molecule has 0 bridgehead atoms. The second kappa shape index (κ2) is 8.19. The van der Waals surface area contributed by atoms with Crippen LogP contribution in [0.4, 0.5) is 16.2 Å². The van der Waals surface area contributed by atoms with Crippen molar-refractivity contribution in [2.24, 2.45) is 4.99 Å². The number of hydrogen-bond acceptors (Lipinski definition) is 3. The number of ether oxygens (including phenoxy) is 1. The van der Waals surface area contributed by atoms with Gasteiger partial charge in [-0.05, 0) is 52.0 Å². The zero-order valence-corrected chi connectivity index (χ0v) is 12.6. The Morgan fingerprint density at radius 1 is 1.25 bits per heavy atom. The van der Waals surface area contributed by atoms with Gasteiger partial charge in [0.1, 0.15) is 5.84 Å². The van der Waals surface area contributed by atoms with Gasteiger partial charge in [-0.1, -0.05) is 0 Å². The SMILES string of the molecule is CCN=C(C)N(CC)c1ccc(NC(=O)OCC)cc1. The van der Waals surface area contributed by atoms with E-state index in [-0.39, 0.29) is 0 Å². The number of hydrogen-bond donors (Lipinski definition) is 1. The van der Waals surface area contributed by atoms with Gasteiger partial charge in [-0.2, -0.15) is 0 Å². The van der Waals surface area contributed by atoms with Crippen molar-refractivity contribution in [3.8, 4) is 0 Å². The number of nitrogens with one attached hydrogen (secondary N) is 1. The number of rotatable bonds is 5. The molecule has 1 aromatic rings. The summed E-state index contributed by atoms with van der Waals surface area (Å²) in [5, 5.41) is 2.67. The van der Waals surface area contributed by atoms with Crippen molar-refractivity contribution in [3.05, 3.63) is 24.3 Å². The summed E-state index contributed by atoms with van der Waals surface area (Å²) in [5.41, 5.74) is 1.77. The molecule has 5 heteroatoms. The number of benzene rings is 1. The average Bonchev–Trinajstić information content (AvgIpc) is 2.42.